The maximum absolute atomic E-state index is 12.3. The van der Waals surface area contributed by atoms with E-state index >= 15 is 0 Å². The summed E-state index contributed by atoms with van der Waals surface area (Å²) < 4.78 is 0. The molecular formula is C14H19ClN4O. The van der Waals surface area contributed by atoms with E-state index in [2.05, 4.69) is 20.6 Å². The Hall–Kier alpha value is -1.20. The van der Waals surface area contributed by atoms with Crippen molar-refractivity contribution in [1.82, 2.24) is 15.3 Å². The zero-order chi connectivity index (χ0) is 13.9. The molecule has 1 saturated carbocycles. The maximum Gasteiger partial charge on any atom is 0.243 e. The molecule has 2 aliphatic rings. The minimum atomic E-state index is -0.142. The van der Waals surface area contributed by atoms with E-state index in [1.165, 1.54) is 31.9 Å². The van der Waals surface area contributed by atoms with Gasteiger partial charge in [-0.05, 0) is 37.7 Å². The van der Waals surface area contributed by atoms with Crippen LogP contribution in [0.1, 0.15) is 38.5 Å². The summed E-state index contributed by atoms with van der Waals surface area (Å²) in [5, 5.41) is 6.56. The van der Waals surface area contributed by atoms with Gasteiger partial charge in [-0.3, -0.25) is 10.1 Å². The molecule has 3 rings (SSSR count). The van der Waals surface area contributed by atoms with Crippen LogP contribution in [0.15, 0.2) is 12.3 Å². The fourth-order valence-corrected chi connectivity index (χ4v) is 3.43. The van der Waals surface area contributed by atoms with Crippen molar-refractivity contribution >= 4 is 23.5 Å². The SMILES string of the molecule is O=C(Nc1nccc(Cl)n1)C1CCC2CCCCC2N1. The highest BCUT2D eigenvalue weighted by Gasteiger charge is 2.34. The third-order valence-corrected chi connectivity index (χ3v) is 4.53. The summed E-state index contributed by atoms with van der Waals surface area (Å²) in [6.07, 6.45) is 8.62. The summed E-state index contributed by atoms with van der Waals surface area (Å²) in [7, 11) is 0. The van der Waals surface area contributed by atoms with E-state index < -0.39 is 0 Å². The van der Waals surface area contributed by atoms with Gasteiger partial charge in [-0.2, -0.15) is 0 Å². The molecule has 1 aromatic rings. The fourth-order valence-electron chi connectivity index (χ4n) is 3.30. The van der Waals surface area contributed by atoms with Crippen molar-refractivity contribution in [3.63, 3.8) is 0 Å². The van der Waals surface area contributed by atoms with Crippen LogP contribution in [0.3, 0.4) is 0 Å². The number of hydrogen-bond acceptors (Lipinski definition) is 4. The Balaban J connectivity index is 1.60. The molecular weight excluding hydrogens is 276 g/mol. The number of halogens is 1. The second kappa shape index (κ2) is 6.06. The van der Waals surface area contributed by atoms with Crippen molar-refractivity contribution in [3.05, 3.63) is 17.4 Å². The van der Waals surface area contributed by atoms with Crippen LogP contribution >= 0.6 is 11.6 Å². The van der Waals surface area contributed by atoms with Crippen LogP contribution < -0.4 is 10.6 Å². The van der Waals surface area contributed by atoms with E-state index in [-0.39, 0.29) is 17.9 Å². The van der Waals surface area contributed by atoms with Crippen LogP contribution in [-0.4, -0.2) is 28.0 Å². The second-order valence-corrected chi connectivity index (χ2v) is 6.03. The lowest BCUT2D eigenvalue weighted by Crippen LogP contribution is -2.53. The molecule has 3 unspecified atom stereocenters. The maximum atomic E-state index is 12.3. The van der Waals surface area contributed by atoms with Gasteiger partial charge in [-0.25, -0.2) is 9.97 Å². The molecule has 2 fully saturated rings. The number of amides is 1. The molecule has 108 valence electrons. The molecule has 1 amide bonds. The number of hydrogen-bond donors (Lipinski definition) is 2. The molecule has 5 nitrogen and oxygen atoms in total. The lowest BCUT2D eigenvalue weighted by Gasteiger charge is -2.39. The number of anilines is 1. The van der Waals surface area contributed by atoms with E-state index in [0.717, 1.165) is 18.8 Å². The van der Waals surface area contributed by atoms with Crippen molar-refractivity contribution in [2.45, 2.75) is 50.6 Å². The summed E-state index contributed by atoms with van der Waals surface area (Å²) in [5.41, 5.74) is 0. The summed E-state index contributed by atoms with van der Waals surface area (Å²) in [6.45, 7) is 0. The zero-order valence-corrected chi connectivity index (χ0v) is 12.1. The number of carbonyl (C=O) groups is 1. The largest absolute Gasteiger partial charge is 0.303 e. The third-order valence-electron chi connectivity index (χ3n) is 4.32. The van der Waals surface area contributed by atoms with E-state index in [4.69, 9.17) is 11.6 Å². The Morgan fingerprint density at radius 2 is 2.15 bits per heavy atom. The first kappa shape index (κ1) is 13.8. The Kier molecular flexibility index (Phi) is 4.17. The molecule has 1 saturated heterocycles. The molecule has 0 aromatic carbocycles. The lowest BCUT2D eigenvalue weighted by atomic mass is 9.77. The first-order chi connectivity index (χ1) is 9.72. The Morgan fingerprint density at radius 1 is 1.30 bits per heavy atom. The molecule has 2 heterocycles. The molecule has 3 atom stereocenters. The smallest absolute Gasteiger partial charge is 0.243 e. The number of aromatic nitrogens is 2. The summed E-state index contributed by atoms with van der Waals surface area (Å²) in [5.74, 6) is 0.960. The van der Waals surface area contributed by atoms with Crippen molar-refractivity contribution in [2.24, 2.45) is 5.92 Å². The van der Waals surface area contributed by atoms with Crippen LogP contribution in [0.25, 0.3) is 0 Å². The normalized spacial score (nSPS) is 29.6. The quantitative estimate of drug-likeness (QED) is 0.822. The van der Waals surface area contributed by atoms with E-state index in [1.54, 1.807) is 6.07 Å². The van der Waals surface area contributed by atoms with Crippen LogP contribution in [0.2, 0.25) is 5.15 Å². The zero-order valence-electron chi connectivity index (χ0n) is 11.3. The average Bonchev–Trinajstić information content (AvgIpc) is 2.47. The van der Waals surface area contributed by atoms with Crippen molar-refractivity contribution < 1.29 is 4.79 Å². The van der Waals surface area contributed by atoms with Gasteiger partial charge in [-0.1, -0.05) is 24.4 Å². The van der Waals surface area contributed by atoms with Crippen LogP contribution in [0.4, 0.5) is 5.95 Å². The summed E-state index contributed by atoms with van der Waals surface area (Å²) in [4.78, 5) is 20.2. The minimum absolute atomic E-state index is 0.0590. The van der Waals surface area contributed by atoms with Crippen molar-refractivity contribution in [3.8, 4) is 0 Å². The summed E-state index contributed by atoms with van der Waals surface area (Å²) in [6, 6.07) is 1.94. The predicted octanol–water partition coefficient (Wildman–Crippen LogP) is 2.38. The van der Waals surface area contributed by atoms with Gasteiger partial charge in [0.15, 0.2) is 0 Å². The molecule has 0 spiro atoms. The van der Waals surface area contributed by atoms with E-state index in [0.29, 0.717) is 11.2 Å². The number of nitrogens with one attached hydrogen (secondary N) is 2. The first-order valence-electron chi connectivity index (χ1n) is 7.28. The molecule has 20 heavy (non-hydrogen) atoms. The minimum Gasteiger partial charge on any atom is -0.303 e. The monoisotopic (exact) mass is 294 g/mol. The van der Waals surface area contributed by atoms with Crippen LogP contribution in [0.5, 0.6) is 0 Å². The van der Waals surface area contributed by atoms with Crippen LogP contribution in [0, 0.1) is 5.92 Å². The van der Waals surface area contributed by atoms with Crippen molar-refractivity contribution in [1.29, 1.82) is 0 Å². The van der Waals surface area contributed by atoms with E-state index in [9.17, 15) is 4.79 Å². The van der Waals surface area contributed by atoms with E-state index in [1.807, 2.05) is 0 Å². The fraction of sp³-hybridized carbons (Fsp3) is 0.643. The van der Waals surface area contributed by atoms with Gasteiger partial charge in [0.1, 0.15) is 5.15 Å². The highest BCUT2D eigenvalue weighted by molar-refractivity contribution is 6.29. The number of piperidine rings is 1. The molecule has 1 aliphatic carbocycles. The lowest BCUT2D eigenvalue weighted by molar-refractivity contribution is -0.119. The Morgan fingerprint density at radius 3 is 3.00 bits per heavy atom. The van der Waals surface area contributed by atoms with Gasteiger partial charge in [0, 0.05) is 12.2 Å². The predicted molar refractivity (Wildman–Crippen MR) is 77.6 cm³/mol. The van der Waals surface area contributed by atoms with Crippen molar-refractivity contribution in [2.75, 3.05) is 5.32 Å². The highest BCUT2D eigenvalue weighted by atomic mass is 35.5. The molecule has 1 aromatic heterocycles. The molecule has 1 aliphatic heterocycles. The van der Waals surface area contributed by atoms with Crippen LogP contribution in [-0.2, 0) is 4.79 Å². The first-order valence-corrected chi connectivity index (χ1v) is 7.65. The summed E-state index contributed by atoms with van der Waals surface area (Å²) >= 11 is 5.79. The van der Waals surface area contributed by atoms with Gasteiger partial charge in [0.05, 0.1) is 6.04 Å². The van der Waals surface area contributed by atoms with Gasteiger partial charge in [0.2, 0.25) is 11.9 Å². The molecule has 2 N–H and O–H groups in total. The number of fused-ring (bicyclic) bond motifs is 1. The molecule has 0 radical (unpaired) electrons. The Bertz CT molecular complexity index is 496. The van der Waals surface area contributed by atoms with Gasteiger partial charge in [-0.15, -0.1) is 0 Å². The topological polar surface area (TPSA) is 66.9 Å². The average molecular weight is 295 g/mol. The highest BCUT2D eigenvalue weighted by Crippen LogP contribution is 2.32. The number of nitrogens with zero attached hydrogens (tertiary/aromatic N) is 2. The Labute approximate surface area is 123 Å². The van der Waals surface area contributed by atoms with Gasteiger partial charge < -0.3 is 5.32 Å². The standard InChI is InChI=1S/C14H19ClN4O/c15-12-7-8-16-14(18-12)19-13(20)11-6-5-9-3-1-2-4-10(9)17-11/h7-11,17H,1-6H2,(H,16,18,19,20). The number of carbonyl (C=O) groups excluding carboxylic acids is 1. The van der Waals surface area contributed by atoms with Gasteiger partial charge >= 0.3 is 0 Å². The van der Waals surface area contributed by atoms with Gasteiger partial charge in [0.25, 0.3) is 0 Å². The second-order valence-electron chi connectivity index (χ2n) is 5.64. The molecule has 6 heteroatoms. The molecule has 0 bridgehead atoms. The number of rotatable bonds is 2. The third kappa shape index (κ3) is 3.10.